The van der Waals surface area contributed by atoms with Crippen molar-refractivity contribution in [3.05, 3.63) is 228 Å². The van der Waals surface area contributed by atoms with Crippen LogP contribution in [-0.2, 0) is 12.8 Å². The summed E-state index contributed by atoms with van der Waals surface area (Å²) in [5, 5.41) is 1.71. The molecule has 6 aromatic heterocycles. The van der Waals surface area contributed by atoms with E-state index >= 15 is 0 Å². The Balaban J connectivity index is 0.664. The van der Waals surface area contributed by atoms with Crippen LogP contribution in [0.5, 0.6) is 23.4 Å². The molecule has 74 heavy (non-hydrogen) atoms. The molecule has 0 amide bonds. The zero-order valence-corrected chi connectivity index (χ0v) is 40.1. The molecule has 0 saturated heterocycles. The summed E-state index contributed by atoms with van der Waals surface area (Å²) in [5.41, 5.74) is 17.9. The molecule has 0 saturated carbocycles. The predicted molar refractivity (Wildman–Crippen MR) is 285 cm³/mol. The maximum atomic E-state index is 6.43. The molecule has 7 aromatic carbocycles. The first-order valence-corrected chi connectivity index (χ1v) is 24.7. The van der Waals surface area contributed by atoms with Crippen LogP contribution >= 0.6 is 0 Å². The van der Waals surface area contributed by atoms with Gasteiger partial charge in [0.05, 0.1) is 11.4 Å². The number of aryl methyl sites for hydroxylation is 2. The highest BCUT2D eigenvalue weighted by molar-refractivity contribution is 5.95. The van der Waals surface area contributed by atoms with Crippen LogP contribution in [0.3, 0.4) is 0 Å². The van der Waals surface area contributed by atoms with Crippen LogP contribution in [0.25, 0.3) is 101 Å². The zero-order valence-electron chi connectivity index (χ0n) is 40.1. The van der Waals surface area contributed by atoms with Gasteiger partial charge in [-0.05, 0) is 153 Å². The summed E-state index contributed by atoms with van der Waals surface area (Å²) in [7, 11) is 0. The fourth-order valence-corrected chi connectivity index (χ4v) is 11.2. The van der Waals surface area contributed by atoms with Gasteiger partial charge in [-0.1, -0.05) is 84.9 Å². The summed E-state index contributed by atoms with van der Waals surface area (Å²) in [6.45, 7) is 3.90. The molecule has 2 aliphatic rings. The lowest BCUT2D eigenvalue weighted by molar-refractivity contribution is 0.360. The third-order valence-electron chi connectivity index (χ3n) is 14.5. The van der Waals surface area contributed by atoms with Gasteiger partial charge in [-0.25, -0.2) is 9.97 Å². The highest BCUT2D eigenvalue weighted by Crippen LogP contribution is 2.47. The van der Waals surface area contributed by atoms with E-state index in [1.54, 1.807) is 0 Å². The Morgan fingerprint density at radius 3 is 1.27 bits per heavy atom. The molecule has 6 heterocycles. The van der Waals surface area contributed by atoms with Gasteiger partial charge >= 0.3 is 0 Å². The van der Waals surface area contributed by atoms with Gasteiger partial charge in [0.15, 0.2) is 23.2 Å². The topological polar surface area (TPSA) is 107 Å². The number of hydrogen-bond donors (Lipinski definition) is 0. The highest BCUT2D eigenvalue weighted by Gasteiger charge is 2.28. The second-order valence-corrected chi connectivity index (χ2v) is 19.0. The van der Waals surface area contributed by atoms with Gasteiger partial charge in [-0.15, -0.1) is 0 Å². The standard InChI is InChI=1S/C64H42N4O6/c1-37-21-23-57(69-37)63-65-25-27-67(63)55-19-7-17-49-47-15-5-13-45(51(47)35-53(49)55)39-9-3-11-43(29-39)71-61-33-41-31-60-42(32-59(41)73-61)34-62(74-60)72-44-12-4-10-40(30-44)46-14-6-16-48-50-18-8-20-56(54(50)36-52(46)48)68-28-26-66-64(68)58-24-22-38(2)70-58/h3-34H,35-36H2,1-2H3. The van der Waals surface area contributed by atoms with Crippen LogP contribution in [0.15, 0.2) is 212 Å². The van der Waals surface area contributed by atoms with E-state index in [4.69, 9.17) is 27.1 Å². The van der Waals surface area contributed by atoms with Crippen molar-refractivity contribution < 1.29 is 27.1 Å². The molecule has 15 rings (SSSR count). The van der Waals surface area contributed by atoms with Crippen LogP contribution in [-0.4, -0.2) is 19.1 Å². The van der Waals surface area contributed by atoms with Gasteiger partial charge in [0, 0.05) is 60.5 Å². The Labute approximate surface area is 423 Å². The Bertz CT molecular complexity index is 4060. The first-order valence-electron chi connectivity index (χ1n) is 24.7. The molecular weight excluding hydrogens is 921 g/mol. The molecular formula is C64H42N4O6. The Morgan fingerprint density at radius 2 is 0.824 bits per heavy atom. The third kappa shape index (κ3) is 6.87. The molecule has 10 nitrogen and oxygen atoms in total. The highest BCUT2D eigenvalue weighted by atomic mass is 16.6. The van der Waals surface area contributed by atoms with Crippen LogP contribution < -0.4 is 9.47 Å². The number of ether oxygens (including phenoxy) is 2. The molecule has 10 heteroatoms. The Kier molecular flexibility index (Phi) is 9.28. The number of aromatic nitrogens is 4. The van der Waals surface area contributed by atoms with Crippen molar-refractivity contribution in [3.8, 4) is 102 Å². The second kappa shape index (κ2) is 16.4. The SMILES string of the molecule is Cc1ccc(-c2nccn2-c2cccc3c2Cc2c(-c4cccc(Oc5cc6cc7oc(Oc8cccc(-c9cccc%10c9Cc9c-%10cccc9-n9ccnc9-c9ccc(C)o9)c8)cc7cc6o5)c4)cccc2-3)o1. The van der Waals surface area contributed by atoms with Gasteiger partial charge in [0.25, 0.3) is 11.9 Å². The van der Waals surface area contributed by atoms with E-state index in [1.807, 2.05) is 111 Å². The molecule has 0 unspecified atom stereocenters. The van der Waals surface area contributed by atoms with E-state index in [-0.39, 0.29) is 0 Å². The quantitative estimate of drug-likeness (QED) is 0.133. The van der Waals surface area contributed by atoms with E-state index in [0.29, 0.717) is 34.6 Å². The third-order valence-corrected chi connectivity index (χ3v) is 14.5. The van der Waals surface area contributed by atoms with Crippen molar-refractivity contribution in [2.24, 2.45) is 0 Å². The minimum atomic E-state index is 0.387. The van der Waals surface area contributed by atoms with Gasteiger partial charge in [0.2, 0.25) is 0 Å². The molecule has 0 N–H and O–H groups in total. The van der Waals surface area contributed by atoms with Gasteiger partial charge in [-0.3, -0.25) is 9.13 Å². The fourth-order valence-electron chi connectivity index (χ4n) is 11.2. The lowest BCUT2D eigenvalue weighted by atomic mass is 9.95. The molecule has 2 aliphatic carbocycles. The lowest BCUT2D eigenvalue weighted by Crippen LogP contribution is -2.00. The molecule has 13 aromatic rings. The second-order valence-electron chi connectivity index (χ2n) is 19.0. The normalized spacial score (nSPS) is 12.4. The van der Waals surface area contributed by atoms with Crippen LogP contribution in [0.2, 0.25) is 0 Å². The zero-order chi connectivity index (χ0) is 49.0. The van der Waals surface area contributed by atoms with Gasteiger partial charge in [0.1, 0.15) is 34.2 Å². The minimum Gasteiger partial charge on any atom is -0.458 e. The summed E-state index contributed by atoms with van der Waals surface area (Å²) >= 11 is 0. The summed E-state index contributed by atoms with van der Waals surface area (Å²) < 4.78 is 41.7. The minimum absolute atomic E-state index is 0.387. The summed E-state index contributed by atoms with van der Waals surface area (Å²) in [6, 6.07) is 58.0. The Hall–Kier alpha value is -9.80. The van der Waals surface area contributed by atoms with Crippen molar-refractivity contribution in [2.45, 2.75) is 26.7 Å². The summed E-state index contributed by atoms with van der Waals surface area (Å²) in [4.78, 5) is 9.35. The van der Waals surface area contributed by atoms with Crippen LogP contribution in [0.4, 0.5) is 0 Å². The van der Waals surface area contributed by atoms with Crippen molar-refractivity contribution in [1.29, 1.82) is 0 Å². The number of benzene rings is 7. The molecule has 0 bridgehead atoms. The van der Waals surface area contributed by atoms with Crippen LogP contribution in [0, 0.1) is 13.8 Å². The average molecular weight is 963 g/mol. The van der Waals surface area contributed by atoms with Crippen LogP contribution in [0.1, 0.15) is 33.8 Å². The van der Waals surface area contributed by atoms with E-state index in [9.17, 15) is 0 Å². The smallest absolute Gasteiger partial charge is 0.291 e. The Morgan fingerprint density at radius 1 is 0.405 bits per heavy atom. The number of imidazole rings is 2. The number of hydrogen-bond acceptors (Lipinski definition) is 8. The van der Waals surface area contributed by atoms with E-state index < -0.39 is 0 Å². The molecule has 0 radical (unpaired) electrons. The van der Waals surface area contributed by atoms with Crippen molar-refractivity contribution in [1.82, 2.24) is 19.1 Å². The molecule has 354 valence electrons. The summed E-state index contributed by atoms with van der Waals surface area (Å²) in [5.74, 6) is 6.87. The first-order chi connectivity index (χ1) is 36.4. The first kappa shape index (κ1) is 41.9. The van der Waals surface area contributed by atoms with E-state index in [1.165, 1.54) is 44.5 Å². The predicted octanol–water partition coefficient (Wildman–Crippen LogP) is 16.7. The van der Waals surface area contributed by atoms with Gasteiger partial charge in [-0.2, -0.15) is 0 Å². The maximum absolute atomic E-state index is 6.43. The average Bonchev–Trinajstić information content (AvgIpc) is 4.29. The van der Waals surface area contributed by atoms with Gasteiger partial charge < -0.3 is 27.1 Å². The fraction of sp³-hybridized carbons (Fsp3) is 0.0625. The van der Waals surface area contributed by atoms with Crippen molar-refractivity contribution in [3.63, 3.8) is 0 Å². The monoisotopic (exact) mass is 962 g/mol. The largest absolute Gasteiger partial charge is 0.458 e. The molecule has 0 spiro atoms. The van der Waals surface area contributed by atoms with E-state index in [0.717, 1.165) is 91.9 Å². The van der Waals surface area contributed by atoms with Crippen molar-refractivity contribution >= 4 is 21.9 Å². The number of fused-ring (bicyclic) bond motifs is 8. The summed E-state index contributed by atoms with van der Waals surface area (Å²) in [6.07, 6.45) is 9.21. The van der Waals surface area contributed by atoms with E-state index in [2.05, 4.69) is 116 Å². The lowest BCUT2D eigenvalue weighted by Gasteiger charge is -2.12. The van der Waals surface area contributed by atoms with Crippen molar-refractivity contribution in [2.75, 3.05) is 0 Å². The number of furan rings is 4. The maximum Gasteiger partial charge on any atom is 0.291 e. The number of nitrogens with zero attached hydrogens (tertiary/aromatic N) is 4. The molecule has 0 aliphatic heterocycles. The number of rotatable bonds is 10. The molecule has 0 fully saturated rings. The molecule has 0 atom stereocenters.